The van der Waals surface area contributed by atoms with Crippen molar-refractivity contribution >= 4 is 57.5 Å². The third-order valence-corrected chi connectivity index (χ3v) is 13.9. The van der Waals surface area contributed by atoms with Gasteiger partial charge in [0.15, 0.2) is 0 Å². The van der Waals surface area contributed by atoms with Gasteiger partial charge >= 0.3 is 12.2 Å². The molecule has 0 radical (unpaired) electrons. The fourth-order valence-electron chi connectivity index (χ4n) is 9.90. The van der Waals surface area contributed by atoms with Crippen LogP contribution in [0.3, 0.4) is 0 Å². The lowest BCUT2D eigenvalue weighted by Gasteiger charge is -2.46. The monoisotopic (exact) mass is 925 g/mol. The molecule has 4 N–H and O–H groups in total. The summed E-state index contributed by atoms with van der Waals surface area (Å²) in [6, 6.07) is 15.3. The highest BCUT2D eigenvalue weighted by molar-refractivity contribution is 6.34. The molecule has 2 aliphatic heterocycles. The lowest BCUT2D eigenvalue weighted by molar-refractivity contribution is -0.137. The molecule has 1 aliphatic carbocycles. The van der Waals surface area contributed by atoms with E-state index in [1.54, 1.807) is 35.8 Å². The molecule has 3 fully saturated rings. The fraction of sp³-hybridized carbons (Fsp3) is 0.429. The third kappa shape index (κ3) is 10.5. The lowest BCUT2D eigenvalue weighted by Crippen LogP contribution is -2.49. The minimum Gasteiger partial charge on any atom is -0.399 e. The molecule has 4 amide bonds. The van der Waals surface area contributed by atoms with Gasteiger partial charge in [-0.1, -0.05) is 11.6 Å². The number of amides is 4. The summed E-state index contributed by atoms with van der Waals surface area (Å²) in [7, 11) is 2.14. The third-order valence-electron chi connectivity index (χ3n) is 13.6. The van der Waals surface area contributed by atoms with Crippen molar-refractivity contribution in [2.24, 2.45) is 11.3 Å². The zero-order chi connectivity index (χ0) is 46.9. The molecule has 0 atom stereocenters. The number of carbonyl (C=O) groups excluding carboxylic acids is 3. The average Bonchev–Trinajstić information content (AvgIpc) is 3.26. The first kappa shape index (κ1) is 46.5. The Morgan fingerprint density at radius 2 is 1.73 bits per heavy atom. The zero-order valence-electron chi connectivity index (χ0n) is 37.4. The van der Waals surface area contributed by atoms with Crippen LogP contribution in [0.25, 0.3) is 22.0 Å². The van der Waals surface area contributed by atoms with Crippen molar-refractivity contribution in [1.29, 1.82) is 0 Å². The predicted octanol–water partition coefficient (Wildman–Crippen LogP) is 8.82. The molecule has 1 spiro atoms. The van der Waals surface area contributed by atoms with Crippen LogP contribution in [-0.4, -0.2) is 82.0 Å². The van der Waals surface area contributed by atoms with Crippen LogP contribution < -0.4 is 26.8 Å². The summed E-state index contributed by atoms with van der Waals surface area (Å²) in [6.45, 7) is 7.76. The molecule has 5 aromatic rings. The van der Waals surface area contributed by atoms with Crippen molar-refractivity contribution in [3.05, 3.63) is 110 Å². The van der Waals surface area contributed by atoms with Crippen molar-refractivity contribution in [3.8, 4) is 11.1 Å². The molecule has 13 nitrogen and oxygen atoms in total. The number of likely N-dealkylation sites (tertiary alicyclic amines) is 1. The van der Waals surface area contributed by atoms with Crippen molar-refractivity contribution in [2.45, 2.75) is 84.5 Å². The van der Waals surface area contributed by atoms with Crippen LogP contribution in [0, 0.1) is 25.2 Å². The van der Waals surface area contributed by atoms with Gasteiger partial charge in [-0.3, -0.25) is 24.6 Å². The van der Waals surface area contributed by atoms with Gasteiger partial charge in [-0.05, 0) is 161 Å². The van der Waals surface area contributed by atoms with Gasteiger partial charge in [0.2, 0.25) is 5.91 Å². The van der Waals surface area contributed by atoms with Crippen molar-refractivity contribution in [3.63, 3.8) is 0 Å². The number of halogens is 4. The molecule has 0 unspecified atom stereocenters. The average molecular weight is 926 g/mol. The van der Waals surface area contributed by atoms with Crippen LogP contribution in [0.5, 0.6) is 0 Å². The first-order valence-electron chi connectivity index (χ1n) is 22.5. The van der Waals surface area contributed by atoms with Crippen molar-refractivity contribution in [2.75, 3.05) is 55.7 Å². The highest BCUT2D eigenvalue weighted by Crippen LogP contribution is 2.47. The number of imide groups is 1. The topological polar surface area (TPSA) is 159 Å². The number of rotatable bonds is 12. The predicted molar refractivity (Wildman–Crippen MR) is 250 cm³/mol. The largest absolute Gasteiger partial charge is 0.416 e. The number of nitrogens with two attached hydrogens (primary N) is 1. The molecule has 66 heavy (non-hydrogen) atoms. The summed E-state index contributed by atoms with van der Waals surface area (Å²) in [5.41, 5.74) is 9.57. The zero-order valence-corrected chi connectivity index (χ0v) is 38.2. The number of nitrogens with one attached hydrogen (secondary N) is 2. The molecule has 2 saturated heterocycles. The first-order valence-corrected chi connectivity index (χ1v) is 22.9. The highest BCUT2D eigenvalue weighted by Gasteiger charge is 2.39. The Morgan fingerprint density at radius 1 is 0.970 bits per heavy atom. The number of benzene rings is 3. The Morgan fingerprint density at radius 3 is 2.44 bits per heavy atom. The number of piperidine rings is 1. The minimum absolute atomic E-state index is 0.0206. The lowest BCUT2D eigenvalue weighted by atomic mass is 9.65. The summed E-state index contributed by atoms with van der Waals surface area (Å²) in [6.07, 6.45) is 4.77. The Bertz CT molecular complexity index is 2730. The maximum atomic E-state index is 13.6. The number of aryl methyl sites for hydroxylation is 3. The number of alkyl halides is 3. The Hall–Kier alpha value is -6.00. The second kappa shape index (κ2) is 19.1. The van der Waals surface area contributed by atoms with E-state index in [1.807, 2.05) is 36.2 Å². The number of urea groups is 1. The summed E-state index contributed by atoms with van der Waals surface area (Å²) >= 11 is 6.42. The van der Waals surface area contributed by atoms with Gasteiger partial charge in [0.1, 0.15) is 11.6 Å². The molecule has 1 saturated carbocycles. The minimum atomic E-state index is -4.52. The number of fused-ring (bicyclic) bond motifs is 1. The van der Waals surface area contributed by atoms with Crippen LogP contribution in [0.2, 0.25) is 5.02 Å². The number of carbonyl (C=O) groups is 3. The molecular weight excluding hydrogens is 871 g/mol. The van der Waals surface area contributed by atoms with E-state index in [2.05, 4.69) is 32.5 Å². The Kier molecular flexibility index (Phi) is 13.4. The van der Waals surface area contributed by atoms with Gasteiger partial charge in [-0.25, -0.2) is 14.8 Å². The maximum absolute atomic E-state index is 13.6. The second-order valence-electron chi connectivity index (χ2n) is 18.3. The normalized spacial score (nSPS) is 16.9. The van der Waals surface area contributed by atoms with Gasteiger partial charge in [0.25, 0.3) is 11.5 Å². The Balaban J connectivity index is 0.812. The molecule has 17 heteroatoms. The summed E-state index contributed by atoms with van der Waals surface area (Å²) in [4.78, 5) is 66.0. The van der Waals surface area contributed by atoms with Crippen molar-refractivity contribution < 1.29 is 27.6 Å². The van der Waals surface area contributed by atoms with E-state index in [0.717, 1.165) is 86.9 Å². The van der Waals surface area contributed by atoms with Gasteiger partial charge in [-0.2, -0.15) is 13.2 Å². The quantitative estimate of drug-likeness (QED) is 0.104. The van der Waals surface area contributed by atoms with Gasteiger partial charge < -0.3 is 25.4 Å². The number of aromatic nitrogens is 3. The van der Waals surface area contributed by atoms with E-state index >= 15 is 0 Å². The van der Waals surface area contributed by atoms with E-state index in [-0.39, 0.29) is 48.0 Å². The first-order chi connectivity index (χ1) is 31.4. The van der Waals surface area contributed by atoms with E-state index in [4.69, 9.17) is 17.3 Å². The molecule has 348 valence electrons. The second-order valence-corrected chi connectivity index (χ2v) is 18.7. The molecule has 3 aromatic carbocycles. The number of pyridine rings is 1. The number of nitrogens with zero attached hydrogens (tertiary/aromatic N) is 6. The molecular formula is C49H55ClF3N9O4. The number of nitrogen functional groups attached to an aromatic ring is 1. The summed E-state index contributed by atoms with van der Waals surface area (Å²) < 4.78 is 42.1. The van der Waals surface area contributed by atoms with Gasteiger partial charge in [0, 0.05) is 74.6 Å². The van der Waals surface area contributed by atoms with Gasteiger partial charge in [0.05, 0.1) is 21.8 Å². The number of hydrogen-bond acceptors (Lipinski definition) is 9. The molecule has 2 aromatic heterocycles. The smallest absolute Gasteiger partial charge is 0.399 e. The van der Waals surface area contributed by atoms with E-state index in [0.29, 0.717) is 69.9 Å². The van der Waals surface area contributed by atoms with Gasteiger partial charge in [-0.15, -0.1) is 0 Å². The number of hydrogen-bond donors (Lipinski definition) is 3. The van der Waals surface area contributed by atoms with Crippen LogP contribution >= 0.6 is 11.6 Å². The summed E-state index contributed by atoms with van der Waals surface area (Å²) in [5, 5.41) is 6.52. The molecule has 4 heterocycles. The van der Waals surface area contributed by atoms with Crippen LogP contribution in [0.1, 0.15) is 84.2 Å². The maximum Gasteiger partial charge on any atom is 0.416 e. The van der Waals surface area contributed by atoms with E-state index in [9.17, 15) is 32.3 Å². The highest BCUT2D eigenvalue weighted by atomic mass is 35.5. The standard InChI is InChI=1S/C49H55ClF3N9O4/c1-30-21-41-39(45(57-31(2)56-41)55-28-33-22-36(49(51,52)53)26-37(54)23-33)27-38(30)34-9-17-60(44(64)25-34)16-4-15-59(3)29-32-7-11-48(12-8-32)13-19-61(20-14-48)46(65)35-5-6-40(50)42(24-35)62-18-10-43(63)58-47(62)66/h5-6,9,17,21-27,32H,4,7-8,10-16,18-20,28-29,54H2,1-3H3,(H,55,56,57)(H,58,63,66). The van der Waals surface area contributed by atoms with Crippen LogP contribution in [0.15, 0.2) is 71.7 Å². The summed E-state index contributed by atoms with van der Waals surface area (Å²) in [5.74, 6) is 1.15. The van der Waals surface area contributed by atoms with Crippen molar-refractivity contribution in [1.82, 2.24) is 29.7 Å². The molecule has 0 bridgehead atoms. The molecule has 3 aliphatic rings. The van der Waals surface area contributed by atoms with E-state index in [1.165, 1.54) is 11.0 Å². The molecule has 8 rings (SSSR count). The fourth-order valence-corrected chi connectivity index (χ4v) is 10.1. The SMILES string of the molecule is Cc1nc(NCc2cc(N)cc(C(F)(F)F)c2)c2cc(-c3ccn(CCCN(C)CC4CCC5(CC4)CCN(C(=O)c4ccc(Cl)c(N6CCC(=O)NC6=O)c4)CC5)c(=O)c3)c(C)cc2n1. The van der Waals surface area contributed by atoms with E-state index < -0.39 is 17.8 Å². The van der Waals surface area contributed by atoms with Crippen LogP contribution in [-0.2, 0) is 24.1 Å². The van der Waals surface area contributed by atoms with Crippen LogP contribution in [0.4, 0.5) is 35.2 Å². The Labute approximate surface area is 386 Å². The number of anilines is 3.